The lowest BCUT2D eigenvalue weighted by atomic mass is 9.71. The summed E-state index contributed by atoms with van der Waals surface area (Å²) in [5.74, 6) is 1.51. The van der Waals surface area contributed by atoms with E-state index in [0.29, 0.717) is 23.2 Å². The summed E-state index contributed by atoms with van der Waals surface area (Å²) in [6.07, 6.45) is 15.4. The van der Waals surface area contributed by atoms with Crippen LogP contribution in [-0.2, 0) is 11.2 Å². The standard InChI is InChI=1S/C26H38FNO/c1-2-14-25(15-6-3-7-16-25)19-28-24(29)26-17-13-20(22(26)18-26)10-8-11-21-9-4-5-12-23(21)27/h4-5,9,12,20,22H,2-3,6-8,10-11,13-19H2,1H3,(H,28,29). The van der Waals surface area contributed by atoms with Gasteiger partial charge in [-0.3, -0.25) is 4.79 Å². The fraction of sp³-hybridized carbons (Fsp3) is 0.731. The van der Waals surface area contributed by atoms with Crippen molar-refractivity contribution in [3.05, 3.63) is 35.6 Å². The predicted molar refractivity (Wildman–Crippen MR) is 116 cm³/mol. The molecule has 3 saturated carbocycles. The first-order chi connectivity index (χ1) is 14.1. The van der Waals surface area contributed by atoms with Gasteiger partial charge in [0.25, 0.3) is 0 Å². The quantitative estimate of drug-likeness (QED) is 0.509. The van der Waals surface area contributed by atoms with E-state index >= 15 is 0 Å². The number of amides is 1. The molecule has 0 spiro atoms. The predicted octanol–water partition coefficient (Wildman–Crippen LogP) is 6.43. The Hall–Kier alpha value is -1.38. The van der Waals surface area contributed by atoms with E-state index in [2.05, 4.69) is 12.2 Å². The third kappa shape index (κ3) is 4.39. The SMILES string of the molecule is CCCC1(CNC(=O)C23CCC(CCCc4ccccc4F)C2C3)CCCCC1. The highest BCUT2D eigenvalue weighted by atomic mass is 19.1. The summed E-state index contributed by atoms with van der Waals surface area (Å²) in [7, 11) is 0. The lowest BCUT2D eigenvalue weighted by molar-refractivity contribution is -0.127. The topological polar surface area (TPSA) is 29.1 Å². The van der Waals surface area contributed by atoms with Gasteiger partial charge in [-0.25, -0.2) is 4.39 Å². The molecule has 160 valence electrons. The molecule has 1 amide bonds. The van der Waals surface area contributed by atoms with Crippen molar-refractivity contribution < 1.29 is 9.18 Å². The number of nitrogens with one attached hydrogen (secondary N) is 1. The molecule has 1 aromatic rings. The van der Waals surface area contributed by atoms with Gasteiger partial charge in [-0.2, -0.15) is 0 Å². The van der Waals surface area contributed by atoms with Gasteiger partial charge in [-0.15, -0.1) is 0 Å². The largest absolute Gasteiger partial charge is 0.355 e. The number of carbonyl (C=O) groups excluding carboxylic acids is 1. The number of hydrogen-bond donors (Lipinski definition) is 1. The van der Waals surface area contributed by atoms with Gasteiger partial charge in [0, 0.05) is 6.54 Å². The Kier molecular flexibility index (Phi) is 6.32. The molecule has 29 heavy (non-hydrogen) atoms. The van der Waals surface area contributed by atoms with Crippen LogP contribution in [0.15, 0.2) is 24.3 Å². The maximum absolute atomic E-state index is 13.8. The highest BCUT2D eigenvalue weighted by Crippen LogP contribution is 2.67. The first kappa shape index (κ1) is 20.9. The summed E-state index contributed by atoms with van der Waals surface area (Å²) >= 11 is 0. The summed E-state index contributed by atoms with van der Waals surface area (Å²) in [4.78, 5) is 13.1. The molecule has 4 rings (SSSR count). The molecule has 2 nitrogen and oxygen atoms in total. The monoisotopic (exact) mass is 399 g/mol. The maximum Gasteiger partial charge on any atom is 0.226 e. The van der Waals surface area contributed by atoms with Crippen LogP contribution in [0.2, 0.25) is 0 Å². The Morgan fingerprint density at radius 3 is 2.69 bits per heavy atom. The smallest absolute Gasteiger partial charge is 0.226 e. The highest BCUT2D eigenvalue weighted by molar-refractivity contribution is 5.86. The molecular formula is C26H38FNO. The summed E-state index contributed by atoms with van der Waals surface area (Å²) in [5, 5.41) is 3.42. The summed E-state index contributed by atoms with van der Waals surface area (Å²) in [6, 6.07) is 7.13. The molecule has 0 heterocycles. The summed E-state index contributed by atoms with van der Waals surface area (Å²) in [5.41, 5.74) is 1.14. The van der Waals surface area contributed by atoms with Gasteiger partial charge in [0.1, 0.15) is 5.82 Å². The first-order valence-electron chi connectivity index (χ1n) is 12.1. The molecule has 3 fully saturated rings. The minimum absolute atomic E-state index is 0.0509. The number of hydrogen-bond acceptors (Lipinski definition) is 1. The zero-order chi connectivity index (χ0) is 20.3. The number of rotatable bonds is 9. The fourth-order valence-corrected chi connectivity index (χ4v) is 6.65. The van der Waals surface area contributed by atoms with Crippen LogP contribution in [0.1, 0.15) is 89.5 Å². The van der Waals surface area contributed by atoms with Gasteiger partial charge in [0.05, 0.1) is 5.41 Å². The van der Waals surface area contributed by atoms with Gasteiger partial charge < -0.3 is 5.32 Å². The van der Waals surface area contributed by atoms with Crippen molar-refractivity contribution in [3.63, 3.8) is 0 Å². The average molecular weight is 400 g/mol. The van der Waals surface area contributed by atoms with Crippen LogP contribution in [0.25, 0.3) is 0 Å². The third-order valence-electron chi connectivity index (χ3n) is 8.41. The van der Waals surface area contributed by atoms with E-state index in [1.165, 1.54) is 51.4 Å². The molecule has 0 radical (unpaired) electrons. The molecule has 3 atom stereocenters. The van der Waals surface area contributed by atoms with E-state index in [1.807, 2.05) is 12.1 Å². The molecule has 3 aliphatic rings. The molecule has 3 unspecified atom stereocenters. The van der Waals surface area contributed by atoms with Crippen LogP contribution in [0.5, 0.6) is 0 Å². The summed E-state index contributed by atoms with van der Waals surface area (Å²) in [6.45, 7) is 3.17. The van der Waals surface area contributed by atoms with Crippen molar-refractivity contribution in [2.75, 3.05) is 6.54 Å². The average Bonchev–Trinajstić information content (AvgIpc) is 3.37. The summed E-state index contributed by atoms with van der Waals surface area (Å²) < 4.78 is 13.8. The number of carbonyl (C=O) groups is 1. The molecular weight excluding hydrogens is 361 g/mol. The second-order valence-corrected chi connectivity index (χ2v) is 10.2. The van der Waals surface area contributed by atoms with E-state index in [-0.39, 0.29) is 11.2 Å². The fourth-order valence-electron chi connectivity index (χ4n) is 6.65. The molecule has 0 aliphatic heterocycles. The molecule has 0 bridgehead atoms. The highest BCUT2D eigenvalue weighted by Gasteiger charge is 2.65. The second kappa shape index (κ2) is 8.78. The van der Waals surface area contributed by atoms with E-state index < -0.39 is 0 Å². The van der Waals surface area contributed by atoms with Crippen LogP contribution in [0.3, 0.4) is 0 Å². The van der Waals surface area contributed by atoms with E-state index in [0.717, 1.165) is 44.2 Å². The van der Waals surface area contributed by atoms with Crippen molar-refractivity contribution in [2.24, 2.45) is 22.7 Å². The van der Waals surface area contributed by atoms with E-state index in [9.17, 15) is 9.18 Å². The van der Waals surface area contributed by atoms with Crippen molar-refractivity contribution in [1.29, 1.82) is 0 Å². The van der Waals surface area contributed by atoms with Crippen LogP contribution < -0.4 is 5.32 Å². The van der Waals surface area contributed by atoms with Crippen LogP contribution in [0, 0.1) is 28.5 Å². The molecule has 1 N–H and O–H groups in total. The zero-order valence-electron chi connectivity index (χ0n) is 18.1. The van der Waals surface area contributed by atoms with Gasteiger partial charge in [-0.05, 0) is 86.7 Å². The molecule has 3 aliphatic carbocycles. The van der Waals surface area contributed by atoms with Gasteiger partial charge >= 0.3 is 0 Å². The maximum atomic E-state index is 13.8. The Labute approximate surface area is 176 Å². The Bertz CT molecular complexity index is 705. The molecule has 0 saturated heterocycles. The van der Waals surface area contributed by atoms with Crippen LogP contribution >= 0.6 is 0 Å². The number of benzene rings is 1. The second-order valence-electron chi connectivity index (χ2n) is 10.2. The van der Waals surface area contributed by atoms with Crippen molar-refractivity contribution in [1.82, 2.24) is 5.32 Å². The Morgan fingerprint density at radius 1 is 1.17 bits per heavy atom. The number of fused-ring (bicyclic) bond motifs is 1. The minimum Gasteiger partial charge on any atom is -0.355 e. The van der Waals surface area contributed by atoms with Gasteiger partial charge in [-0.1, -0.05) is 50.8 Å². The molecule has 1 aromatic carbocycles. The molecule has 0 aromatic heterocycles. The molecule has 3 heteroatoms. The van der Waals surface area contributed by atoms with Gasteiger partial charge in [0.15, 0.2) is 0 Å². The van der Waals surface area contributed by atoms with Crippen LogP contribution in [0.4, 0.5) is 4.39 Å². The lowest BCUT2D eigenvalue weighted by Crippen LogP contribution is -2.42. The first-order valence-corrected chi connectivity index (χ1v) is 12.1. The Morgan fingerprint density at radius 2 is 1.97 bits per heavy atom. The van der Waals surface area contributed by atoms with E-state index in [4.69, 9.17) is 0 Å². The third-order valence-corrected chi connectivity index (χ3v) is 8.41. The van der Waals surface area contributed by atoms with Crippen molar-refractivity contribution in [3.8, 4) is 0 Å². The Balaban J connectivity index is 1.25. The number of halogens is 1. The minimum atomic E-state index is -0.0808. The number of aryl methyl sites for hydroxylation is 1. The van der Waals surface area contributed by atoms with E-state index in [1.54, 1.807) is 12.1 Å². The lowest BCUT2D eigenvalue weighted by Gasteiger charge is -2.38. The zero-order valence-corrected chi connectivity index (χ0v) is 18.1. The normalized spacial score (nSPS) is 30.0. The van der Waals surface area contributed by atoms with Crippen molar-refractivity contribution >= 4 is 5.91 Å². The van der Waals surface area contributed by atoms with Crippen molar-refractivity contribution in [2.45, 2.75) is 90.4 Å². The van der Waals surface area contributed by atoms with Crippen LogP contribution in [-0.4, -0.2) is 12.5 Å². The van der Waals surface area contributed by atoms with Gasteiger partial charge in [0.2, 0.25) is 5.91 Å².